The van der Waals surface area contributed by atoms with Gasteiger partial charge in [0, 0.05) is 5.56 Å². The Bertz CT molecular complexity index is 677. The van der Waals surface area contributed by atoms with E-state index < -0.39 is 5.97 Å². The van der Waals surface area contributed by atoms with Crippen molar-refractivity contribution < 1.29 is 19.5 Å². The molecule has 0 amide bonds. The summed E-state index contributed by atoms with van der Waals surface area (Å²) in [6.07, 6.45) is 0. The van der Waals surface area contributed by atoms with E-state index in [-0.39, 0.29) is 12.3 Å². The van der Waals surface area contributed by atoms with Gasteiger partial charge in [0.05, 0.1) is 0 Å². The molecule has 0 radical (unpaired) electrons. The third kappa shape index (κ3) is 3.85. The molecule has 0 aliphatic rings. The SMILES string of the molecule is CO/N=C(/C(=O)O)c1ccccc1COc1ccc(C)cc1. The summed E-state index contributed by atoms with van der Waals surface area (Å²) in [5, 5.41) is 12.8. The van der Waals surface area contributed by atoms with Crippen molar-refractivity contribution in [3.63, 3.8) is 0 Å². The van der Waals surface area contributed by atoms with Gasteiger partial charge in [0.2, 0.25) is 0 Å². The maximum Gasteiger partial charge on any atom is 0.358 e. The van der Waals surface area contributed by atoms with Crippen molar-refractivity contribution in [1.82, 2.24) is 0 Å². The molecule has 0 aliphatic carbocycles. The zero-order chi connectivity index (χ0) is 15.9. The van der Waals surface area contributed by atoms with Crippen LogP contribution in [0.5, 0.6) is 5.75 Å². The minimum absolute atomic E-state index is 0.148. The van der Waals surface area contributed by atoms with E-state index in [2.05, 4.69) is 9.99 Å². The average Bonchev–Trinajstić information content (AvgIpc) is 2.52. The van der Waals surface area contributed by atoms with Gasteiger partial charge in [-0.25, -0.2) is 4.79 Å². The summed E-state index contributed by atoms with van der Waals surface area (Å²) in [6, 6.07) is 14.7. The van der Waals surface area contributed by atoms with Crippen LogP contribution < -0.4 is 4.74 Å². The minimum Gasteiger partial charge on any atom is -0.489 e. The lowest BCUT2D eigenvalue weighted by Gasteiger charge is -2.11. The first-order valence-electron chi connectivity index (χ1n) is 6.74. The highest BCUT2D eigenvalue weighted by atomic mass is 16.6. The van der Waals surface area contributed by atoms with E-state index in [1.165, 1.54) is 7.11 Å². The second-order valence-corrected chi connectivity index (χ2v) is 4.69. The van der Waals surface area contributed by atoms with Gasteiger partial charge in [-0.05, 0) is 24.6 Å². The number of rotatable bonds is 6. The Hall–Kier alpha value is -2.82. The quantitative estimate of drug-likeness (QED) is 0.657. The predicted octanol–water partition coefficient (Wildman–Crippen LogP) is 3.01. The highest BCUT2D eigenvalue weighted by Crippen LogP contribution is 2.17. The summed E-state index contributed by atoms with van der Waals surface area (Å²) < 4.78 is 5.71. The fourth-order valence-corrected chi connectivity index (χ4v) is 1.97. The van der Waals surface area contributed by atoms with Crippen LogP contribution in [-0.4, -0.2) is 23.9 Å². The summed E-state index contributed by atoms with van der Waals surface area (Å²) in [6.45, 7) is 2.24. The van der Waals surface area contributed by atoms with Crippen LogP contribution in [0.1, 0.15) is 16.7 Å². The standard InChI is InChI=1S/C17H17NO4/c1-12-7-9-14(10-8-12)22-11-13-5-3-4-6-15(13)16(17(19)20)18-21-2/h3-10H,11H2,1-2H3,(H,19,20)/b18-16+. The molecule has 2 rings (SSSR count). The molecule has 0 saturated heterocycles. The molecule has 0 bridgehead atoms. The fourth-order valence-electron chi connectivity index (χ4n) is 1.97. The van der Waals surface area contributed by atoms with E-state index in [0.29, 0.717) is 5.56 Å². The summed E-state index contributed by atoms with van der Waals surface area (Å²) in [7, 11) is 1.31. The van der Waals surface area contributed by atoms with E-state index in [9.17, 15) is 9.90 Å². The molecule has 5 heteroatoms. The van der Waals surface area contributed by atoms with Crippen molar-refractivity contribution in [2.24, 2.45) is 5.16 Å². The van der Waals surface area contributed by atoms with Gasteiger partial charge in [0.15, 0.2) is 5.71 Å². The van der Waals surface area contributed by atoms with Gasteiger partial charge in [-0.15, -0.1) is 0 Å². The number of carboxylic acid groups (broad SMARTS) is 1. The summed E-state index contributed by atoms with van der Waals surface area (Å²) in [4.78, 5) is 15.9. The normalized spacial score (nSPS) is 11.1. The van der Waals surface area contributed by atoms with Crippen molar-refractivity contribution in [3.05, 3.63) is 65.2 Å². The molecule has 0 spiro atoms. The van der Waals surface area contributed by atoms with Gasteiger partial charge in [0.1, 0.15) is 19.5 Å². The number of carboxylic acids is 1. The highest BCUT2D eigenvalue weighted by Gasteiger charge is 2.17. The highest BCUT2D eigenvalue weighted by molar-refractivity contribution is 6.42. The molecule has 0 atom stereocenters. The van der Waals surface area contributed by atoms with Crippen LogP contribution in [0.2, 0.25) is 0 Å². The Labute approximate surface area is 128 Å². The van der Waals surface area contributed by atoms with Crippen LogP contribution >= 0.6 is 0 Å². The molecular formula is C17H17NO4. The van der Waals surface area contributed by atoms with Crippen LogP contribution in [0.15, 0.2) is 53.7 Å². The van der Waals surface area contributed by atoms with E-state index in [0.717, 1.165) is 16.9 Å². The molecule has 0 aliphatic heterocycles. The lowest BCUT2D eigenvalue weighted by Crippen LogP contribution is -2.17. The summed E-state index contributed by atoms with van der Waals surface area (Å²) >= 11 is 0. The van der Waals surface area contributed by atoms with Crippen molar-refractivity contribution in [3.8, 4) is 5.75 Å². The summed E-state index contributed by atoms with van der Waals surface area (Å²) in [5.41, 5.74) is 2.20. The molecule has 0 fully saturated rings. The van der Waals surface area contributed by atoms with Gasteiger partial charge in [-0.1, -0.05) is 47.1 Å². The molecule has 114 valence electrons. The lowest BCUT2D eigenvalue weighted by atomic mass is 10.0. The van der Waals surface area contributed by atoms with Gasteiger partial charge >= 0.3 is 5.97 Å². The molecule has 0 heterocycles. The van der Waals surface area contributed by atoms with Crippen LogP contribution in [-0.2, 0) is 16.2 Å². The fraction of sp³-hybridized carbons (Fsp3) is 0.176. The van der Waals surface area contributed by atoms with Crippen LogP contribution in [0.3, 0.4) is 0 Å². The molecular weight excluding hydrogens is 282 g/mol. The Morgan fingerprint density at radius 1 is 1.14 bits per heavy atom. The van der Waals surface area contributed by atoms with Crippen LogP contribution in [0.25, 0.3) is 0 Å². The molecule has 0 aromatic heterocycles. The topological polar surface area (TPSA) is 68.1 Å². The Kier molecular flexibility index (Phi) is 5.14. The van der Waals surface area contributed by atoms with Crippen molar-refractivity contribution in [2.75, 3.05) is 7.11 Å². The second-order valence-electron chi connectivity index (χ2n) is 4.69. The maximum absolute atomic E-state index is 11.3. The smallest absolute Gasteiger partial charge is 0.358 e. The molecule has 1 N–H and O–H groups in total. The van der Waals surface area contributed by atoms with Gasteiger partial charge in [-0.3, -0.25) is 0 Å². The number of nitrogens with zero attached hydrogens (tertiary/aromatic N) is 1. The second kappa shape index (κ2) is 7.26. The number of hydrogen-bond acceptors (Lipinski definition) is 4. The molecule has 0 saturated carbocycles. The molecule has 2 aromatic carbocycles. The van der Waals surface area contributed by atoms with E-state index >= 15 is 0 Å². The van der Waals surface area contributed by atoms with Gasteiger partial charge in [-0.2, -0.15) is 0 Å². The van der Waals surface area contributed by atoms with Gasteiger partial charge in [0.25, 0.3) is 0 Å². The summed E-state index contributed by atoms with van der Waals surface area (Å²) in [5.74, 6) is -0.425. The number of aryl methyl sites for hydroxylation is 1. The van der Waals surface area contributed by atoms with E-state index in [4.69, 9.17) is 4.74 Å². The number of hydrogen-bond donors (Lipinski definition) is 1. The number of aliphatic carboxylic acids is 1. The number of benzene rings is 2. The average molecular weight is 299 g/mol. The van der Waals surface area contributed by atoms with Crippen LogP contribution in [0.4, 0.5) is 0 Å². The molecule has 0 unspecified atom stereocenters. The maximum atomic E-state index is 11.3. The predicted molar refractivity (Wildman–Crippen MR) is 83.1 cm³/mol. The number of ether oxygens (including phenoxy) is 1. The first-order chi connectivity index (χ1) is 10.6. The third-order valence-electron chi connectivity index (χ3n) is 3.07. The lowest BCUT2D eigenvalue weighted by molar-refractivity contribution is -0.129. The van der Waals surface area contributed by atoms with Crippen molar-refractivity contribution in [1.29, 1.82) is 0 Å². The zero-order valence-electron chi connectivity index (χ0n) is 12.4. The first-order valence-corrected chi connectivity index (χ1v) is 6.74. The Balaban J connectivity index is 2.23. The van der Waals surface area contributed by atoms with E-state index in [1.54, 1.807) is 18.2 Å². The Morgan fingerprint density at radius 2 is 1.82 bits per heavy atom. The van der Waals surface area contributed by atoms with Gasteiger partial charge < -0.3 is 14.7 Å². The van der Waals surface area contributed by atoms with Crippen LogP contribution in [0, 0.1) is 6.92 Å². The molecule has 22 heavy (non-hydrogen) atoms. The number of oxime groups is 1. The monoisotopic (exact) mass is 299 g/mol. The van der Waals surface area contributed by atoms with Crippen molar-refractivity contribution >= 4 is 11.7 Å². The van der Waals surface area contributed by atoms with Crippen molar-refractivity contribution in [2.45, 2.75) is 13.5 Å². The molecule has 5 nitrogen and oxygen atoms in total. The largest absolute Gasteiger partial charge is 0.489 e. The zero-order valence-corrected chi connectivity index (χ0v) is 12.4. The third-order valence-corrected chi connectivity index (χ3v) is 3.07. The van der Waals surface area contributed by atoms with E-state index in [1.807, 2.05) is 37.3 Å². The minimum atomic E-state index is -1.15. The first kappa shape index (κ1) is 15.6. The Morgan fingerprint density at radius 3 is 2.45 bits per heavy atom. The number of carbonyl (C=O) groups is 1. The molecule has 2 aromatic rings.